The number of carbonyl (C=O) groups is 2. The van der Waals surface area contributed by atoms with Gasteiger partial charge >= 0.3 is 0 Å². The summed E-state index contributed by atoms with van der Waals surface area (Å²) in [4.78, 5) is 30.4. The highest BCUT2D eigenvalue weighted by molar-refractivity contribution is 7.17. The molecule has 3 rings (SSSR count). The quantitative estimate of drug-likeness (QED) is 0.462. The topological polar surface area (TPSA) is 89.6 Å². The molecule has 2 N–H and O–H groups in total. The molecule has 0 spiro atoms. The molecule has 9 heteroatoms. The lowest BCUT2D eigenvalue weighted by molar-refractivity contribution is -0.119. The number of nitrogens with zero attached hydrogens (tertiary/aromatic N) is 1. The van der Waals surface area contributed by atoms with Crippen molar-refractivity contribution in [3.05, 3.63) is 58.3 Å². The van der Waals surface area contributed by atoms with Crippen LogP contribution in [0, 0.1) is 0 Å². The van der Waals surface area contributed by atoms with Crippen LogP contribution in [0.15, 0.2) is 42.3 Å². The fourth-order valence-corrected chi connectivity index (χ4v) is 4.61. The van der Waals surface area contributed by atoms with Crippen molar-refractivity contribution in [2.75, 3.05) is 19.5 Å². The second kappa shape index (κ2) is 10.2. The van der Waals surface area contributed by atoms with E-state index in [4.69, 9.17) is 9.47 Å². The smallest absolute Gasteiger partial charge is 0.257 e. The maximum atomic E-state index is 12.8. The molecule has 0 fully saturated rings. The Labute approximate surface area is 188 Å². The summed E-state index contributed by atoms with van der Waals surface area (Å²) in [5.41, 5.74) is 2.03. The molecular formula is C22H23N3O4S2. The highest BCUT2D eigenvalue weighted by atomic mass is 32.1. The Morgan fingerprint density at radius 3 is 2.71 bits per heavy atom. The van der Waals surface area contributed by atoms with Gasteiger partial charge in [-0.25, -0.2) is 4.98 Å². The highest BCUT2D eigenvalue weighted by Crippen LogP contribution is 2.34. The van der Waals surface area contributed by atoms with Gasteiger partial charge in [-0.15, -0.1) is 29.3 Å². The summed E-state index contributed by atoms with van der Waals surface area (Å²) < 4.78 is 10.8. The Morgan fingerprint density at radius 1 is 1.23 bits per heavy atom. The molecule has 0 saturated heterocycles. The number of benzene rings is 1. The Morgan fingerprint density at radius 2 is 2.03 bits per heavy atom. The predicted molar refractivity (Wildman–Crippen MR) is 124 cm³/mol. The van der Waals surface area contributed by atoms with E-state index in [1.807, 2.05) is 17.5 Å². The Balaban J connectivity index is 1.76. The molecule has 0 unspecified atom stereocenters. The van der Waals surface area contributed by atoms with Gasteiger partial charge < -0.3 is 14.8 Å². The summed E-state index contributed by atoms with van der Waals surface area (Å²) in [5.74, 6) is 0.713. The van der Waals surface area contributed by atoms with Gasteiger partial charge in [0.1, 0.15) is 0 Å². The molecular weight excluding hydrogens is 434 g/mol. The first-order valence-electron chi connectivity index (χ1n) is 9.41. The molecule has 0 atom stereocenters. The average Bonchev–Trinajstić information content (AvgIpc) is 3.41. The molecule has 0 radical (unpaired) electrons. The predicted octanol–water partition coefficient (Wildman–Crippen LogP) is 4.51. The summed E-state index contributed by atoms with van der Waals surface area (Å²) in [6.07, 6.45) is 2.29. The molecule has 2 amide bonds. The van der Waals surface area contributed by atoms with Crippen LogP contribution >= 0.6 is 22.7 Å². The zero-order valence-corrected chi connectivity index (χ0v) is 19.1. The second-order valence-electron chi connectivity index (χ2n) is 6.53. The normalized spacial score (nSPS) is 10.4. The van der Waals surface area contributed by atoms with Crippen LogP contribution in [0.4, 0.5) is 5.13 Å². The van der Waals surface area contributed by atoms with Crippen LogP contribution in [-0.4, -0.2) is 31.0 Å². The summed E-state index contributed by atoms with van der Waals surface area (Å²) in [6, 6.07) is 7.32. The number of nitrogens with one attached hydrogen (secondary N) is 2. The van der Waals surface area contributed by atoms with Crippen molar-refractivity contribution in [3.8, 4) is 22.1 Å². The summed E-state index contributed by atoms with van der Waals surface area (Å²) in [7, 11) is 3.10. The molecule has 31 heavy (non-hydrogen) atoms. The minimum Gasteiger partial charge on any atom is -0.493 e. The third-order valence-corrected chi connectivity index (χ3v) is 6.20. The van der Waals surface area contributed by atoms with E-state index in [2.05, 4.69) is 22.2 Å². The number of thiophene rings is 1. The van der Waals surface area contributed by atoms with Gasteiger partial charge in [0.2, 0.25) is 5.91 Å². The number of hydrogen-bond donors (Lipinski definition) is 2. The fraction of sp³-hybridized carbons (Fsp3) is 0.227. The monoisotopic (exact) mass is 457 g/mol. The summed E-state index contributed by atoms with van der Waals surface area (Å²) in [6.45, 7) is 5.73. The molecule has 2 heterocycles. The number of rotatable bonds is 9. The molecule has 0 aliphatic rings. The van der Waals surface area contributed by atoms with Crippen molar-refractivity contribution in [1.82, 2.24) is 10.3 Å². The summed E-state index contributed by atoms with van der Waals surface area (Å²) in [5, 5.41) is 8.01. The van der Waals surface area contributed by atoms with E-state index in [1.54, 1.807) is 36.7 Å². The van der Waals surface area contributed by atoms with Gasteiger partial charge in [0, 0.05) is 28.3 Å². The highest BCUT2D eigenvalue weighted by Gasteiger charge is 2.17. The van der Waals surface area contributed by atoms with Gasteiger partial charge in [0.25, 0.3) is 5.91 Å². The van der Waals surface area contributed by atoms with E-state index in [-0.39, 0.29) is 11.8 Å². The molecule has 0 aliphatic heterocycles. The number of anilines is 1. The Bertz CT molecular complexity index is 1100. The average molecular weight is 458 g/mol. The number of allylic oxidation sites excluding steroid dienone is 1. The summed E-state index contributed by atoms with van der Waals surface area (Å²) >= 11 is 2.90. The molecule has 162 valence electrons. The Kier molecular flexibility index (Phi) is 7.43. The van der Waals surface area contributed by atoms with E-state index in [9.17, 15) is 9.59 Å². The van der Waals surface area contributed by atoms with Gasteiger partial charge in [0.15, 0.2) is 16.6 Å². The Hall–Kier alpha value is -3.17. The van der Waals surface area contributed by atoms with Crippen LogP contribution in [-0.2, 0) is 17.8 Å². The lowest BCUT2D eigenvalue weighted by Crippen LogP contribution is -2.17. The first-order chi connectivity index (χ1) is 14.9. The van der Waals surface area contributed by atoms with Crippen molar-refractivity contribution >= 4 is 39.6 Å². The number of ether oxygens (including phenoxy) is 2. The van der Waals surface area contributed by atoms with E-state index in [0.717, 1.165) is 21.0 Å². The maximum absolute atomic E-state index is 12.8. The second-order valence-corrected chi connectivity index (χ2v) is 8.56. The van der Waals surface area contributed by atoms with Gasteiger partial charge in [-0.05, 0) is 30.7 Å². The van der Waals surface area contributed by atoms with Gasteiger partial charge in [-0.1, -0.05) is 6.08 Å². The maximum Gasteiger partial charge on any atom is 0.257 e. The zero-order valence-electron chi connectivity index (χ0n) is 17.5. The lowest BCUT2D eigenvalue weighted by Gasteiger charge is -2.14. The van der Waals surface area contributed by atoms with Gasteiger partial charge in [-0.2, -0.15) is 0 Å². The molecule has 1 aromatic carbocycles. The molecule has 2 aromatic heterocycles. The molecule has 0 saturated carbocycles. The van der Waals surface area contributed by atoms with Crippen LogP contribution in [0.5, 0.6) is 11.5 Å². The SMILES string of the molecule is C=CCc1cc(C(=O)Nc2nc(-c3ccc(CNC(C)=O)s3)cs2)cc(OC)c1OC. The van der Waals surface area contributed by atoms with Gasteiger partial charge in [0.05, 0.1) is 31.3 Å². The number of hydrogen-bond acceptors (Lipinski definition) is 7. The van der Waals surface area contributed by atoms with Crippen LogP contribution in [0.2, 0.25) is 0 Å². The minimum atomic E-state index is -0.287. The first-order valence-corrected chi connectivity index (χ1v) is 11.1. The zero-order chi connectivity index (χ0) is 22.4. The lowest BCUT2D eigenvalue weighted by atomic mass is 10.1. The minimum absolute atomic E-state index is 0.0694. The van der Waals surface area contributed by atoms with Gasteiger partial charge in [-0.3, -0.25) is 14.9 Å². The molecule has 3 aromatic rings. The van der Waals surface area contributed by atoms with Crippen molar-refractivity contribution in [3.63, 3.8) is 0 Å². The van der Waals surface area contributed by atoms with Crippen molar-refractivity contribution < 1.29 is 19.1 Å². The van der Waals surface area contributed by atoms with Crippen molar-refractivity contribution in [2.45, 2.75) is 19.9 Å². The number of amides is 2. The molecule has 7 nitrogen and oxygen atoms in total. The van der Waals surface area contributed by atoms with Crippen LogP contribution in [0.1, 0.15) is 27.7 Å². The van der Waals surface area contributed by atoms with E-state index < -0.39 is 0 Å². The van der Waals surface area contributed by atoms with Crippen LogP contribution < -0.4 is 20.1 Å². The van der Waals surface area contributed by atoms with E-state index >= 15 is 0 Å². The fourth-order valence-electron chi connectivity index (χ4n) is 2.92. The van der Waals surface area contributed by atoms with Crippen LogP contribution in [0.25, 0.3) is 10.6 Å². The largest absolute Gasteiger partial charge is 0.493 e. The standard InChI is InChI=1S/C22H23N3O4S2/c1-5-6-14-9-15(10-18(28-3)20(14)29-4)21(27)25-22-24-17(12-30-22)19-8-7-16(31-19)11-23-13(2)26/h5,7-10,12H,1,6,11H2,2-4H3,(H,23,26)(H,24,25,27). The van der Waals surface area contributed by atoms with Crippen molar-refractivity contribution in [1.29, 1.82) is 0 Å². The van der Waals surface area contributed by atoms with Crippen molar-refractivity contribution in [2.24, 2.45) is 0 Å². The van der Waals surface area contributed by atoms with E-state index in [1.165, 1.54) is 25.4 Å². The number of carbonyl (C=O) groups excluding carboxylic acids is 2. The van der Waals surface area contributed by atoms with E-state index in [0.29, 0.717) is 35.2 Å². The number of methoxy groups -OCH3 is 2. The molecule has 0 aliphatic carbocycles. The third-order valence-electron chi connectivity index (χ3n) is 4.33. The van der Waals surface area contributed by atoms with Crippen LogP contribution in [0.3, 0.4) is 0 Å². The number of aromatic nitrogens is 1. The third kappa shape index (κ3) is 5.50. The first kappa shape index (κ1) is 22.5. The number of thiazole rings is 1. The molecule has 0 bridgehead atoms.